The lowest BCUT2D eigenvalue weighted by molar-refractivity contribution is -0.145. The van der Waals surface area contributed by atoms with Crippen LogP contribution in [-0.4, -0.2) is 20.2 Å². The molecule has 116 valence electrons. The van der Waals surface area contributed by atoms with E-state index in [2.05, 4.69) is 5.32 Å². The van der Waals surface area contributed by atoms with Crippen LogP contribution in [0.2, 0.25) is 0 Å². The summed E-state index contributed by atoms with van der Waals surface area (Å²) in [5.41, 5.74) is 1.86. The van der Waals surface area contributed by atoms with Gasteiger partial charge in [-0.05, 0) is 24.6 Å². The Labute approximate surface area is 131 Å². The predicted octanol–water partition coefficient (Wildman–Crippen LogP) is 3.66. The van der Waals surface area contributed by atoms with Crippen molar-refractivity contribution < 1.29 is 14.3 Å². The second-order valence-corrected chi connectivity index (χ2v) is 5.04. The first-order valence-corrected chi connectivity index (χ1v) is 7.19. The molecule has 0 fully saturated rings. The van der Waals surface area contributed by atoms with Gasteiger partial charge in [-0.25, -0.2) is 0 Å². The van der Waals surface area contributed by atoms with Gasteiger partial charge in [0.2, 0.25) is 0 Å². The summed E-state index contributed by atoms with van der Waals surface area (Å²) in [4.78, 5) is 12.0. The monoisotopic (exact) mass is 299 g/mol. The van der Waals surface area contributed by atoms with Gasteiger partial charge in [0.05, 0.1) is 31.9 Å². The molecule has 0 aromatic heterocycles. The first-order valence-electron chi connectivity index (χ1n) is 7.19. The van der Waals surface area contributed by atoms with Gasteiger partial charge in [0.15, 0.2) is 0 Å². The summed E-state index contributed by atoms with van der Waals surface area (Å²) >= 11 is 0. The average Bonchev–Trinajstić information content (AvgIpc) is 2.59. The zero-order valence-electron chi connectivity index (χ0n) is 13.1. The van der Waals surface area contributed by atoms with E-state index >= 15 is 0 Å². The Kier molecular flexibility index (Phi) is 5.42. The van der Waals surface area contributed by atoms with Gasteiger partial charge in [-0.1, -0.05) is 42.5 Å². The van der Waals surface area contributed by atoms with Crippen LogP contribution in [0, 0.1) is 5.92 Å². The summed E-state index contributed by atoms with van der Waals surface area (Å²) in [5.74, 6) is 0.147. The van der Waals surface area contributed by atoms with E-state index in [1.807, 2.05) is 61.5 Å². The molecular weight excluding hydrogens is 278 g/mol. The number of hydrogen-bond donors (Lipinski definition) is 1. The number of para-hydroxylation sites is 2. The largest absolute Gasteiger partial charge is 0.495 e. The molecule has 0 bridgehead atoms. The molecule has 0 aliphatic rings. The quantitative estimate of drug-likeness (QED) is 0.827. The number of carbonyl (C=O) groups excluding carboxylic acids is 1. The van der Waals surface area contributed by atoms with Crippen LogP contribution in [0.1, 0.15) is 18.5 Å². The highest BCUT2D eigenvalue weighted by atomic mass is 16.5. The summed E-state index contributed by atoms with van der Waals surface area (Å²) in [6, 6.07) is 17.3. The third kappa shape index (κ3) is 3.58. The van der Waals surface area contributed by atoms with E-state index in [0.29, 0.717) is 0 Å². The average molecular weight is 299 g/mol. The van der Waals surface area contributed by atoms with E-state index in [1.54, 1.807) is 7.11 Å². The molecule has 1 N–H and O–H groups in total. The van der Waals surface area contributed by atoms with Crippen molar-refractivity contribution in [1.29, 1.82) is 0 Å². The molecule has 0 saturated carbocycles. The van der Waals surface area contributed by atoms with Crippen LogP contribution in [0.3, 0.4) is 0 Å². The Morgan fingerprint density at radius 1 is 1.00 bits per heavy atom. The molecule has 0 aliphatic carbocycles. The number of carbonyl (C=O) groups is 1. The summed E-state index contributed by atoms with van der Waals surface area (Å²) < 4.78 is 10.3. The molecule has 4 heteroatoms. The van der Waals surface area contributed by atoms with Gasteiger partial charge in [0.25, 0.3) is 0 Å². The Bertz CT molecular complexity index is 613. The van der Waals surface area contributed by atoms with Gasteiger partial charge in [-0.15, -0.1) is 0 Å². The number of nitrogens with one attached hydrogen (secondary N) is 1. The minimum Gasteiger partial charge on any atom is -0.495 e. The minimum absolute atomic E-state index is 0.204. The maximum Gasteiger partial charge on any atom is 0.310 e. The van der Waals surface area contributed by atoms with Crippen LogP contribution < -0.4 is 10.1 Å². The standard InChI is InChI=1S/C18H21NO3/c1-13(18(20)22-3)17(14-9-5-4-6-10-14)19-15-11-7-8-12-16(15)21-2/h4-13,17,19H,1-3H3. The minimum atomic E-state index is -0.336. The van der Waals surface area contributed by atoms with Gasteiger partial charge in [0, 0.05) is 0 Å². The highest BCUT2D eigenvalue weighted by molar-refractivity contribution is 5.74. The van der Waals surface area contributed by atoms with Crippen molar-refractivity contribution in [3.63, 3.8) is 0 Å². The van der Waals surface area contributed by atoms with Crippen molar-refractivity contribution in [3.8, 4) is 5.75 Å². The first kappa shape index (κ1) is 15.9. The van der Waals surface area contributed by atoms with Gasteiger partial charge >= 0.3 is 5.97 Å². The second kappa shape index (κ2) is 7.50. The van der Waals surface area contributed by atoms with Crippen molar-refractivity contribution in [2.75, 3.05) is 19.5 Å². The topological polar surface area (TPSA) is 47.6 Å². The second-order valence-electron chi connectivity index (χ2n) is 5.04. The molecule has 22 heavy (non-hydrogen) atoms. The molecule has 2 atom stereocenters. The number of esters is 1. The third-order valence-corrected chi connectivity index (χ3v) is 3.65. The zero-order chi connectivity index (χ0) is 15.9. The lowest BCUT2D eigenvalue weighted by Crippen LogP contribution is -2.26. The van der Waals surface area contributed by atoms with Crippen molar-refractivity contribution >= 4 is 11.7 Å². The SMILES string of the molecule is COC(=O)C(C)C(Nc1ccccc1OC)c1ccccc1. The summed E-state index contributed by atoms with van der Waals surface area (Å²) in [6.07, 6.45) is 0. The van der Waals surface area contributed by atoms with E-state index in [9.17, 15) is 4.79 Å². The molecule has 0 amide bonds. The zero-order valence-corrected chi connectivity index (χ0v) is 13.1. The van der Waals surface area contributed by atoms with Crippen molar-refractivity contribution in [1.82, 2.24) is 0 Å². The Balaban J connectivity index is 2.34. The van der Waals surface area contributed by atoms with Crippen LogP contribution in [-0.2, 0) is 9.53 Å². The van der Waals surface area contributed by atoms with Gasteiger partial charge in [-0.3, -0.25) is 4.79 Å². The van der Waals surface area contributed by atoms with Crippen molar-refractivity contribution in [2.24, 2.45) is 5.92 Å². The molecular formula is C18H21NO3. The smallest absolute Gasteiger partial charge is 0.310 e. The molecule has 0 radical (unpaired) electrons. The van der Waals surface area contributed by atoms with Gasteiger partial charge in [0.1, 0.15) is 5.75 Å². The van der Waals surface area contributed by atoms with E-state index in [-0.39, 0.29) is 17.9 Å². The number of methoxy groups -OCH3 is 2. The molecule has 0 saturated heterocycles. The number of benzene rings is 2. The third-order valence-electron chi connectivity index (χ3n) is 3.65. The first-order chi connectivity index (χ1) is 10.7. The molecule has 0 aliphatic heterocycles. The van der Waals surface area contributed by atoms with Crippen LogP contribution in [0.4, 0.5) is 5.69 Å². The van der Waals surface area contributed by atoms with Gasteiger partial charge in [-0.2, -0.15) is 0 Å². The lowest BCUT2D eigenvalue weighted by atomic mass is 9.94. The molecule has 2 rings (SSSR count). The predicted molar refractivity (Wildman–Crippen MR) is 87.0 cm³/mol. The summed E-state index contributed by atoms with van der Waals surface area (Å²) in [5, 5.41) is 3.40. The Morgan fingerprint density at radius 2 is 1.64 bits per heavy atom. The Hall–Kier alpha value is -2.49. The maximum atomic E-state index is 12.0. The molecule has 2 aromatic rings. The summed E-state index contributed by atoms with van der Waals surface area (Å²) in [7, 11) is 3.03. The van der Waals surface area contributed by atoms with Crippen LogP contribution in [0.15, 0.2) is 54.6 Å². The molecule has 2 unspecified atom stereocenters. The fraction of sp³-hybridized carbons (Fsp3) is 0.278. The number of rotatable bonds is 6. The molecule has 4 nitrogen and oxygen atoms in total. The van der Waals surface area contributed by atoms with Crippen LogP contribution >= 0.6 is 0 Å². The van der Waals surface area contributed by atoms with Crippen molar-refractivity contribution in [3.05, 3.63) is 60.2 Å². The Morgan fingerprint density at radius 3 is 2.27 bits per heavy atom. The molecule has 2 aromatic carbocycles. The van der Waals surface area contributed by atoms with Crippen LogP contribution in [0.5, 0.6) is 5.75 Å². The van der Waals surface area contributed by atoms with E-state index in [0.717, 1.165) is 17.0 Å². The normalized spacial score (nSPS) is 13.0. The van der Waals surface area contributed by atoms with E-state index < -0.39 is 0 Å². The highest BCUT2D eigenvalue weighted by Gasteiger charge is 2.26. The lowest BCUT2D eigenvalue weighted by Gasteiger charge is -2.26. The van der Waals surface area contributed by atoms with Crippen molar-refractivity contribution in [2.45, 2.75) is 13.0 Å². The fourth-order valence-corrected chi connectivity index (χ4v) is 2.41. The van der Waals surface area contributed by atoms with Crippen LogP contribution in [0.25, 0.3) is 0 Å². The number of ether oxygens (including phenoxy) is 2. The number of anilines is 1. The van der Waals surface area contributed by atoms with E-state index in [4.69, 9.17) is 9.47 Å². The highest BCUT2D eigenvalue weighted by Crippen LogP contribution is 2.32. The van der Waals surface area contributed by atoms with E-state index in [1.165, 1.54) is 7.11 Å². The van der Waals surface area contributed by atoms with Gasteiger partial charge < -0.3 is 14.8 Å². The fourth-order valence-electron chi connectivity index (χ4n) is 2.41. The number of hydrogen-bond acceptors (Lipinski definition) is 4. The molecule has 0 spiro atoms. The molecule has 0 heterocycles. The summed E-state index contributed by atoms with van der Waals surface area (Å²) in [6.45, 7) is 1.85. The maximum absolute atomic E-state index is 12.0.